The molecule has 0 radical (unpaired) electrons. The molecule has 6 nitrogen and oxygen atoms in total. The number of rotatable bonds is 3. The van der Waals surface area contributed by atoms with Crippen molar-refractivity contribution in [2.24, 2.45) is 0 Å². The highest BCUT2D eigenvalue weighted by Gasteiger charge is 2.14. The summed E-state index contributed by atoms with van der Waals surface area (Å²) < 4.78 is 3.20. The fraction of sp³-hybridized carbons (Fsp3) is 0. The first-order valence-corrected chi connectivity index (χ1v) is 7.40. The summed E-state index contributed by atoms with van der Waals surface area (Å²) in [7, 11) is 0. The van der Waals surface area contributed by atoms with Gasteiger partial charge in [-0.15, -0.1) is 0 Å². The second-order valence-electron chi connectivity index (χ2n) is 4.81. The number of aromatic hydroxyl groups is 1. The maximum absolute atomic E-state index is 12.6. The summed E-state index contributed by atoms with van der Waals surface area (Å²) >= 11 is 3.32. The molecule has 0 unspecified atom stereocenters. The van der Waals surface area contributed by atoms with E-state index in [9.17, 15) is 14.7 Å². The van der Waals surface area contributed by atoms with E-state index in [1.807, 2.05) is 0 Å². The molecule has 0 bridgehead atoms. The molecule has 2 aromatic carbocycles. The molecule has 0 aliphatic rings. The lowest BCUT2D eigenvalue weighted by Crippen LogP contribution is -2.22. The number of imidazole rings is 1. The molecule has 7 heteroatoms. The zero-order chi connectivity index (χ0) is 16.6. The average Bonchev–Trinajstić information content (AvgIpc) is 2.83. The zero-order valence-corrected chi connectivity index (χ0v) is 13.3. The topological polar surface area (TPSA) is 84.5 Å². The Hall–Kier alpha value is -2.80. The Labute approximate surface area is 139 Å². The van der Waals surface area contributed by atoms with Gasteiger partial charge in [0, 0.05) is 4.47 Å². The fourth-order valence-electron chi connectivity index (χ4n) is 2.24. The van der Waals surface area contributed by atoms with Gasteiger partial charge in [-0.05, 0) is 42.5 Å². The SMILES string of the molecule is O=C(O)c1cccc(-n2c(O)cn(-c3ccc(Br)cc3)c2=O)c1. The quantitative estimate of drug-likeness (QED) is 0.738. The molecule has 3 aromatic rings. The minimum atomic E-state index is -1.10. The van der Waals surface area contributed by atoms with E-state index < -0.39 is 11.7 Å². The van der Waals surface area contributed by atoms with Crippen molar-refractivity contribution in [1.82, 2.24) is 9.13 Å². The molecule has 1 heterocycles. The first-order chi connectivity index (χ1) is 11.0. The highest BCUT2D eigenvalue weighted by Crippen LogP contribution is 2.19. The number of halogens is 1. The van der Waals surface area contributed by atoms with E-state index in [4.69, 9.17) is 5.11 Å². The third kappa shape index (κ3) is 2.78. The number of carboxylic acids is 1. The normalized spacial score (nSPS) is 10.7. The third-order valence-corrected chi connectivity index (χ3v) is 3.86. The van der Waals surface area contributed by atoms with E-state index >= 15 is 0 Å². The van der Waals surface area contributed by atoms with E-state index in [2.05, 4.69) is 15.9 Å². The molecule has 0 aliphatic heterocycles. The Bertz CT molecular complexity index is 941. The summed E-state index contributed by atoms with van der Waals surface area (Å²) in [5.74, 6) is -1.38. The van der Waals surface area contributed by atoms with Crippen LogP contribution in [0.2, 0.25) is 0 Å². The van der Waals surface area contributed by atoms with Gasteiger partial charge < -0.3 is 10.2 Å². The van der Waals surface area contributed by atoms with E-state index in [0.29, 0.717) is 5.69 Å². The van der Waals surface area contributed by atoms with Crippen LogP contribution < -0.4 is 5.69 Å². The fourth-order valence-corrected chi connectivity index (χ4v) is 2.51. The van der Waals surface area contributed by atoms with E-state index in [-0.39, 0.29) is 17.1 Å². The van der Waals surface area contributed by atoms with E-state index in [0.717, 1.165) is 9.04 Å². The number of aromatic nitrogens is 2. The summed E-state index contributed by atoms with van der Waals surface area (Å²) in [6, 6.07) is 12.8. The molecule has 0 saturated carbocycles. The van der Waals surface area contributed by atoms with Gasteiger partial charge in [-0.3, -0.25) is 4.57 Å². The first kappa shape index (κ1) is 15.1. The molecule has 0 atom stereocenters. The number of nitrogens with zero attached hydrogens (tertiary/aromatic N) is 2. The second-order valence-corrected chi connectivity index (χ2v) is 5.72. The Morgan fingerprint density at radius 2 is 1.74 bits per heavy atom. The monoisotopic (exact) mass is 374 g/mol. The number of aromatic carboxylic acids is 1. The van der Waals surface area contributed by atoms with Crippen molar-refractivity contribution in [3.05, 3.63) is 75.2 Å². The highest BCUT2D eigenvalue weighted by molar-refractivity contribution is 9.10. The number of hydrogen-bond acceptors (Lipinski definition) is 3. The van der Waals surface area contributed by atoms with E-state index in [1.54, 1.807) is 30.3 Å². The average molecular weight is 375 g/mol. The van der Waals surface area contributed by atoms with Crippen LogP contribution in [0.25, 0.3) is 11.4 Å². The molecule has 1 aromatic heterocycles. The molecular formula is C16H11BrN2O4. The lowest BCUT2D eigenvalue weighted by molar-refractivity contribution is 0.0697. The molecule has 116 valence electrons. The molecule has 3 rings (SSSR count). The summed E-state index contributed by atoms with van der Waals surface area (Å²) in [5, 5.41) is 19.1. The minimum Gasteiger partial charge on any atom is -0.493 e. The van der Waals surface area contributed by atoms with Crippen molar-refractivity contribution >= 4 is 21.9 Å². The number of hydrogen-bond donors (Lipinski definition) is 2. The van der Waals surface area contributed by atoms with Crippen LogP contribution in [-0.4, -0.2) is 25.3 Å². The van der Waals surface area contributed by atoms with Crippen LogP contribution in [0.4, 0.5) is 0 Å². The summed E-state index contributed by atoms with van der Waals surface area (Å²) in [5.41, 5.74) is 0.405. The van der Waals surface area contributed by atoms with Crippen LogP contribution in [0.3, 0.4) is 0 Å². The van der Waals surface area contributed by atoms with Crippen molar-refractivity contribution in [2.75, 3.05) is 0 Å². The van der Waals surface area contributed by atoms with Crippen molar-refractivity contribution in [3.63, 3.8) is 0 Å². The maximum Gasteiger partial charge on any atom is 0.340 e. The van der Waals surface area contributed by atoms with Crippen LogP contribution >= 0.6 is 15.9 Å². The Kier molecular flexibility index (Phi) is 3.79. The molecule has 23 heavy (non-hydrogen) atoms. The third-order valence-electron chi connectivity index (χ3n) is 3.33. The number of carbonyl (C=O) groups is 1. The lowest BCUT2D eigenvalue weighted by Gasteiger charge is -2.04. The van der Waals surface area contributed by atoms with Gasteiger partial charge in [-0.25, -0.2) is 14.2 Å². The Morgan fingerprint density at radius 1 is 1.04 bits per heavy atom. The molecular weight excluding hydrogens is 364 g/mol. The largest absolute Gasteiger partial charge is 0.493 e. The lowest BCUT2D eigenvalue weighted by atomic mass is 10.2. The van der Waals surface area contributed by atoms with Crippen LogP contribution in [0.5, 0.6) is 5.88 Å². The summed E-state index contributed by atoms with van der Waals surface area (Å²) in [6.45, 7) is 0. The van der Waals surface area contributed by atoms with Gasteiger partial charge in [0.25, 0.3) is 0 Å². The predicted octanol–water partition coefficient (Wildman–Crippen LogP) is 2.79. The predicted molar refractivity (Wildman–Crippen MR) is 87.7 cm³/mol. The van der Waals surface area contributed by atoms with Crippen LogP contribution in [-0.2, 0) is 0 Å². The molecule has 0 aliphatic carbocycles. The Balaban J connectivity index is 2.15. The first-order valence-electron chi connectivity index (χ1n) is 6.60. The summed E-state index contributed by atoms with van der Waals surface area (Å²) in [4.78, 5) is 23.6. The molecule has 0 amide bonds. The van der Waals surface area contributed by atoms with Gasteiger partial charge in [0.1, 0.15) is 0 Å². The number of benzene rings is 2. The standard InChI is InChI=1S/C16H11BrN2O4/c17-11-4-6-12(7-5-11)18-9-14(20)19(16(18)23)13-3-1-2-10(8-13)15(21)22/h1-9,20H,(H,21,22). The van der Waals surface area contributed by atoms with Crippen molar-refractivity contribution in [1.29, 1.82) is 0 Å². The van der Waals surface area contributed by atoms with Gasteiger partial charge in [0.15, 0.2) is 0 Å². The molecule has 0 saturated heterocycles. The maximum atomic E-state index is 12.6. The van der Waals surface area contributed by atoms with Crippen molar-refractivity contribution in [3.8, 4) is 17.3 Å². The Morgan fingerprint density at radius 3 is 2.39 bits per heavy atom. The van der Waals surface area contributed by atoms with Crippen LogP contribution in [0.15, 0.2) is 64.0 Å². The van der Waals surface area contributed by atoms with E-state index in [1.165, 1.54) is 29.0 Å². The van der Waals surface area contributed by atoms with Gasteiger partial charge in [0.2, 0.25) is 5.88 Å². The van der Waals surface area contributed by atoms with Gasteiger partial charge in [-0.1, -0.05) is 22.0 Å². The van der Waals surface area contributed by atoms with Crippen LogP contribution in [0.1, 0.15) is 10.4 Å². The second kappa shape index (κ2) is 5.77. The smallest absolute Gasteiger partial charge is 0.340 e. The van der Waals surface area contributed by atoms with Gasteiger partial charge in [0.05, 0.1) is 23.1 Å². The molecule has 2 N–H and O–H groups in total. The van der Waals surface area contributed by atoms with Crippen molar-refractivity contribution in [2.45, 2.75) is 0 Å². The van der Waals surface area contributed by atoms with Gasteiger partial charge in [-0.2, -0.15) is 0 Å². The zero-order valence-electron chi connectivity index (χ0n) is 11.7. The minimum absolute atomic E-state index is 0.0326. The van der Waals surface area contributed by atoms with Crippen molar-refractivity contribution < 1.29 is 15.0 Å². The highest BCUT2D eigenvalue weighted by atomic mass is 79.9. The van der Waals surface area contributed by atoms with Crippen LogP contribution in [0, 0.1) is 0 Å². The molecule has 0 spiro atoms. The summed E-state index contributed by atoms with van der Waals surface area (Å²) in [6.07, 6.45) is 1.29. The molecule has 0 fully saturated rings. The number of carboxylic acid groups (broad SMARTS) is 1. The van der Waals surface area contributed by atoms with Gasteiger partial charge >= 0.3 is 11.7 Å².